The summed E-state index contributed by atoms with van der Waals surface area (Å²) in [6, 6.07) is 2.66. The van der Waals surface area contributed by atoms with Crippen molar-refractivity contribution in [3.05, 3.63) is 34.8 Å². The van der Waals surface area contributed by atoms with Gasteiger partial charge >= 0.3 is 11.8 Å². The van der Waals surface area contributed by atoms with E-state index < -0.39 is 32.6 Å². The van der Waals surface area contributed by atoms with Crippen molar-refractivity contribution in [3.63, 3.8) is 0 Å². The second-order valence-electron chi connectivity index (χ2n) is 6.50. The van der Waals surface area contributed by atoms with Crippen molar-refractivity contribution < 1.29 is 28.0 Å². The monoisotopic (exact) mass is 438 g/mol. The normalized spacial score (nSPS) is 14.9. The summed E-state index contributed by atoms with van der Waals surface area (Å²) >= 11 is 0. The summed E-state index contributed by atoms with van der Waals surface area (Å²) in [5, 5.41) is 23.2. The molecule has 30 heavy (non-hydrogen) atoms. The van der Waals surface area contributed by atoms with Crippen LogP contribution in [0.15, 0.2) is 29.7 Å². The van der Waals surface area contributed by atoms with Crippen LogP contribution >= 0.6 is 0 Å². The molecule has 3 rings (SSSR count). The maximum absolute atomic E-state index is 11.6. The molecule has 1 fully saturated rings. The van der Waals surface area contributed by atoms with Gasteiger partial charge < -0.3 is 20.1 Å². The summed E-state index contributed by atoms with van der Waals surface area (Å²) in [5.41, 5.74) is -0.213. The number of ether oxygens (including phenoxy) is 1. The third-order valence-electron chi connectivity index (χ3n) is 4.34. The second-order valence-corrected chi connectivity index (χ2v) is 8.46. The molecule has 0 radical (unpaired) electrons. The van der Waals surface area contributed by atoms with Crippen LogP contribution in [-0.2, 0) is 9.84 Å². The zero-order valence-electron chi connectivity index (χ0n) is 15.8. The van der Waals surface area contributed by atoms with E-state index in [4.69, 9.17) is 9.84 Å². The number of rotatable bonds is 6. The maximum atomic E-state index is 11.6. The van der Waals surface area contributed by atoms with Crippen molar-refractivity contribution in [2.45, 2.75) is 24.0 Å². The van der Waals surface area contributed by atoms with Gasteiger partial charge in [-0.15, -0.1) is 0 Å². The van der Waals surface area contributed by atoms with Crippen molar-refractivity contribution in [2.24, 2.45) is 0 Å². The van der Waals surface area contributed by atoms with Crippen LogP contribution in [-0.4, -0.2) is 69.8 Å². The molecule has 2 aromatic rings. The highest BCUT2D eigenvalue weighted by Gasteiger charge is 2.29. The summed E-state index contributed by atoms with van der Waals surface area (Å²) in [6.07, 6.45) is 2.60. The van der Waals surface area contributed by atoms with E-state index in [2.05, 4.69) is 20.3 Å². The zero-order chi connectivity index (χ0) is 21.9. The molecule has 1 saturated heterocycles. The van der Waals surface area contributed by atoms with Gasteiger partial charge in [0.2, 0.25) is 5.82 Å². The molecular formula is C16H18N6O7S. The Bertz CT molecular complexity index is 1050. The Kier molecular flexibility index (Phi) is 5.96. The lowest BCUT2D eigenvalue weighted by atomic mass is 10.1. The molecule has 2 N–H and O–H groups in total. The minimum atomic E-state index is -3.48. The Hall–Kier alpha value is -3.55. The molecule has 0 saturated carbocycles. The third kappa shape index (κ3) is 4.89. The summed E-state index contributed by atoms with van der Waals surface area (Å²) < 4.78 is 28.7. The number of piperidine rings is 1. The predicted octanol–water partition coefficient (Wildman–Crippen LogP) is 1.45. The van der Waals surface area contributed by atoms with Crippen molar-refractivity contribution in [2.75, 3.05) is 24.7 Å². The molecule has 1 amide bonds. The molecule has 1 aliphatic heterocycles. The van der Waals surface area contributed by atoms with Crippen molar-refractivity contribution >= 4 is 33.1 Å². The Balaban J connectivity index is 1.80. The number of carboxylic acid groups (broad SMARTS) is 1. The fourth-order valence-electron chi connectivity index (χ4n) is 2.84. The lowest BCUT2D eigenvalue weighted by Crippen LogP contribution is -2.41. The lowest BCUT2D eigenvalue weighted by molar-refractivity contribution is -0.385. The van der Waals surface area contributed by atoms with E-state index >= 15 is 0 Å². The van der Waals surface area contributed by atoms with Gasteiger partial charge in [-0.2, -0.15) is 4.98 Å². The molecule has 0 atom stereocenters. The molecule has 0 spiro atoms. The molecule has 0 bridgehead atoms. The van der Waals surface area contributed by atoms with Crippen LogP contribution in [0.4, 0.5) is 22.0 Å². The number of hydrogen-bond acceptors (Lipinski definition) is 10. The molecule has 13 nitrogen and oxygen atoms in total. The number of hydrogen-bond donors (Lipinski definition) is 2. The molecule has 0 unspecified atom stereocenters. The van der Waals surface area contributed by atoms with Crippen molar-refractivity contribution in [3.8, 4) is 5.88 Å². The van der Waals surface area contributed by atoms with Gasteiger partial charge in [-0.1, -0.05) is 0 Å². The Morgan fingerprint density at radius 3 is 2.53 bits per heavy atom. The molecule has 1 aliphatic rings. The smallest absolute Gasteiger partial charge is 0.407 e. The number of aromatic nitrogens is 3. The number of carbonyl (C=O) groups is 1. The summed E-state index contributed by atoms with van der Waals surface area (Å²) in [5.74, 6) is -0.395. The minimum absolute atomic E-state index is 0.137. The van der Waals surface area contributed by atoms with Crippen molar-refractivity contribution in [1.29, 1.82) is 0 Å². The van der Waals surface area contributed by atoms with Crippen LogP contribution < -0.4 is 10.1 Å². The molecule has 0 aromatic carbocycles. The maximum Gasteiger partial charge on any atom is 0.407 e. The highest BCUT2D eigenvalue weighted by Crippen LogP contribution is 2.34. The molecule has 14 heteroatoms. The Labute approximate surface area is 170 Å². The third-order valence-corrected chi connectivity index (χ3v) is 5.34. The molecule has 2 aromatic heterocycles. The Morgan fingerprint density at radius 2 is 2.00 bits per heavy atom. The van der Waals surface area contributed by atoms with Gasteiger partial charge in [-0.3, -0.25) is 10.1 Å². The number of amides is 1. The quantitative estimate of drug-likeness (QED) is 0.492. The van der Waals surface area contributed by atoms with E-state index in [-0.39, 0.29) is 35.5 Å². The summed E-state index contributed by atoms with van der Waals surface area (Å²) in [6.45, 7) is 0.505. The first-order valence-corrected chi connectivity index (χ1v) is 10.6. The van der Waals surface area contributed by atoms with Crippen LogP contribution in [0.2, 0.25) is 0 Å². The fraction of sp³-hybridized carbons (Fsp3) is 0.375. The largest absolute Gasteiger partial charge is 0.469 e. The van der Waals surface area contributed by atoms with E-state index in [0.29, 0.717) is 12.8 Å². The number of nitrogens with one attached hydrogen (secondary N) is 1. The topological polar surface area (TPSA) is 178 Å². The second kappa shape index (κ2) is 8.44. The predicted molar refractivity (Wildman–Crippen MR) is 103 cm³/mol. The molecule has 3 heterocycles. The number of nitrogens with zero attached hydrogens (tertiary/aromatic N) is 5. The van der Waals surface area contributed by atoms with Crippen LogP contribution in [0.1, 0.15) is 12.8 Å². The van der Waals surface area contributed by atoms with Gasteiger partial charge in [0, 0.05) is 32.2 Å². The van der Waals surface area contributed by atoms with Gasteiger partial charge in [0.25, 0.3) is 5.88 Å². The van der Waals surface area contributed by atoms with E-state index in [1.54, 1.807) is 0 Å². The molecule has 0 aliphatic carbocycles. The van der Waals surface area contributed by atoms with Gasteiger partial charge in [-0.05, 0) is 12.1 Å². The van der Waals surface area contributed by atoms with E-state index in [0.717, 1.165) is 12.6 Å². The number of likely N-dealkylation sites (tertiary alicyclic amines) is 1. The average molecular weight is 438 g/mol. The summed E-state index contributed by atoms with van der Waals surface area (Å²) in [4.78, 5) is 34.7. The van der Waals surface area contributed by atoms with E-state index in [1.165, 1.54) is 23.2 Å². The molecule has 160 valence electrons. The average Bonchev–Trinajstić information content (AvgIpc) is 2.68. The standard InChI is InChI=1S/C16H18N6O7S/c1-30(27,28)12-3-2-10(8-17-12)20-14-13(22(25)26)15(19-9-18-14)29-11-4-6-21(7-5-11)16(23)24/h2-3,8-9,11H,4-7H2,1H3,(H,23,24)(H,18,19,20). The highest BCUT2D eigenvalue weighted by molar-refractivity contribution is 7.90. The van der Waals surface area contributed by atoms with Gasteiger partial charge in [-0.25, -0.2) is 23.2 Å². The van der Waals surface area contributed by atoms with Gasteiger partial charge in [0.1, 0.15) is 12.4 Å². The number of nitro groups is 1. The SMILES string of the molecule is CS(=O)(=O)c1ccc(Nc2ncnc(OC3CCN(C(=O)O)CC3)c2[N+](=O)[O-])cn1. The first kappa shape index (κ1) is 21.2. The van der Waals surface area contributed by atoms with E-state index in [1.807, 2.05) is 0 Å². The Morgan fingerprint density at radius 1 is 1.30 bits per heavy atom. The number of pyridine rings is 1. The van der Waals surface area contributed by atoms with Crippen molar-refractivity contribution in [1.82, 2.24) is 19.9 Å². The van der Waals surface area contributed by atoms with Gasteiger partial charge in [0.15, 0.2) is 14.9 Å². The minimum Gasteiger partial charge on any atom is -0.469 e. The van der Waals surface area contributed by atoms with Crippen LogP contribution in [0, 0.1) is 10.1 Å². The van der Waals surface area contributed by atoms with Crippen LogP contribution in [0.5, 0.6) is 5.88 Å². The zero-order valence-corrected chi connectivity index (χ0v) is 16.6. The summed E-state index contributed by atoms with van der Waals surface area (Å²) in [7, 11) is -3.48. The van der Waals surface area contributed by atoms with E-state index in [9.17, 15) is 23.3 Å². The highest BCUT2D eigenvalue weighted by atomic mass is 32.2. The van der Waals surface area contributed by atoms with Gasteiger partial charge in [0.05, 0.1) is 16.8 Å². The first-order valence-electron chi connectivity index (χ1n) is 8.72. The van der Waals surface area contributed by atoms with Crippen LogP contribution in [0.3, 0.4) is 0 Å². The number of anilines is 2. The lowest BCUT2D eigenvalue weighted by Gasteiger charge is -2.29. The molecular weight excluding hydrogens is 420 g/mol. The number of sulfone groups is 1. The van der Waals surface area contributed by atoms with Crippen LogP contribution in [0.25, 0.3) is 0 Å². The fourth-order valence-corrected chi connectivity index (χ4v) is 3.40. The first-order chi connectivity index (χ1) is 14.1.